The van der Waals surface area contributed by atoms with E-state index in [1.165, 1.54) is 12.1 Å². The van der Waals surface area contributed by atoms with Gasteiger partial charge in [0.1, 0.15) is 5.75 Å². The fourth-order valence-corrected chi connectivity index (χ4v) is 1.94. The summed E-state index contributed by atoms with van der Waals surface area (Å²) in [5.41, 5.74) is 0.530. The van der Waals surface area contributed by atoms with E-state index in [9.17, 15) is 9.90 Å². The molecule has 21 heavy (non-hydrogen) atoms. The van der Waals surface area contributed by atoms with Gasteiger partial charge in [-0.05, 0) is 37.7 Å². The normalized spacial score (nSPS) is 12.1. The highest BCUT2D eigenvalue weighted by atomic mass is 16.5. The lowest BCUT2D eigenvalue weighted by molar-refractivity contribution is 0.0498. The first-order valence-electron chi connectivity index (χ1n) is 7.50. The Morgan fingerprint density at radius 2 is 1.95 bits per heavy atom. The van der Waals surface area contributed by atoms with Crippen molar-refractivity contribution in [3.8, 4) is 5.75 Å². The van der Waals surface area contributed by atoms with Crippen molar-refractivity contribution < 1.29 is 14.6 Å². The van der Waals surface area contributed by atoms with Crippen LogP contribution in [0, 0.1) is 0 Å². The fourth-order valence-electron chi connectivity index (χ4n) is 1.94. The topological polar surface area (TPSA) is 70.6 Å². The molecule has 0 fully saturated rings. The van der Waals surface area contributed by atoms with Crippen molar-refractivity contribution in [2.75, 3.05) is 26.7 Å². The van der Waals surface area contributed by atoms with Crippen LogP contribution in [0.4, 0.5) is 0 Å². The molecule has 0 saturated heterocycles. The second kappa shape index (κ2) is 10.2. The van der Waals surface area contributed by atoms with E-state index >= 15 is 0 Å². The second-order valence-electron chi connectivity index (χ2n) is 5.01. The van der Waals surface area contributed by atoms with Crippen molar-refractivity contribution >= 4 is 5.91 Å². The zero-order valence-corrected chi connectivity index (χ0v) is 12.9. The third kappa shape index (κ3) is 7.11. The average Bonchev–Trinajstić information content (AvgIpc) is 2.49. The van der Waals surface area contributed by atoms with E-state index < -0.39 is 0 Å². The van der Waals surface area contributed by atoms with Gasteiger partial charge in [-0.3, -0.25) is 4.79 Å². The van der Waals surface area contributed by atoms with Gasteiger partial charge in [-0.15, -0.1) is 0 Å². The minimum atomic E-state index is -0.159. The molecule has 0 spiro atoms. The largest absolute Gasteiger partial charge is 0.508 e. The third-order valence-electron chi connectivity index (χ3n) is 3.15. The summed E-state index contributed by atoms with van der Waals surface area (Å²) in [5, 5.41) is 15.1. The van der Waals surface area contributed by atoms with Gasteiger partial charge < -0.3 is 20.5 Å². The van der Waals surface area contributed by atoms with Crippen molar-refractivity contribution in [3.05, 3.63) is 29.8 Å². The maximum absolute atomic E-state index is 12.0. The summed E-state index contributed by atoms with van der Waals surface area (Å²) in [6.45, 7) is 4.03. The first-order valence-corrected chi connectivity index (χ1v) is 7.50. The number of carbonyl (C=O) groups is 1. The average molecular weight is 294 g/mol. The number of carbonyl (C=O) groups excluding carboxylic acids is 1. The van der Waals surface area contributed by atoms with Crippen molar-refractivity contribution in [1.29, 1.82) is 0 Å². The maximum atomic E-state index is 12.0. The molecule has 5 heteroatoms. The molecular weight excluding hydrogens is 268 g/mol. The Kier molecular flexibility index (Phi) is 8.47. The molecule has 0 radical (unpaired) electrons. The lowest BCUT2D eigenvalue weighted by atomic mass is 10.2. The van der Waals surface area contributed by atoms with Crippen molar-refractivity contribution in [3.63, 3.8) is 0 Å². The maximum Gasteiger partial charge on any atom is 0.251 e. The lowest BCUT2D eigenvalue weighted by Crippen LogP contribution is -2.39. The molecule has 1 aromatic carbocycles. The van der Waals surface area contributed by atoms with Crippen LogP contribution in [-0.4, -0.2) is 43.9 Å². The number of amides is 1. The molecule has 1 aromatic rings. The molecule has 0 aliphatic rings. The zero-order valence-electron chi connectivity index (χ0n) is 12.9. The molecule has 0 saturated carbocycles. The first kappa shape index (κ1) is 17.5. The summed E-state index contributed by atoms with van der Waals surface area (Å²) in [6.07, 6.45) is 3.33. The number of benzene rings is 1. The van der Waals surface area contributed by atoms with Gasteiger partial charge in [0.15, 0.2) is 0 Å². The molecule has 0 aromatic heterocycles. The predicted molar refractivity (Wildman–Crippen MR) is 83.6 cm³/mol. The SMILES string of the molecule is CCCCCOC(CNC)CNC(=O)c1ccc(O)cc1. The molecule has 0 heterocycles. The number of likely N-dealkylation sites (N-methyl/N-ethyl adjacent to an activating group) is 1. The number of phenols is 1. The summed E-state index contributed by atoms with van der Waals surface area (Å²) in [5.74, 6) is -0.00729. The Labute approximate surface area is 126 Å². The van der Waals surface area contributed by atoms with Crippen LogP contribution in [0.3, 0.4) is 0 Å². The van der Waals surface area contributed by atoms with Crippen LogP contribution in [0.5, 0.6) is 5.75 Å². The summed E-state index contributed by atoms with van der Waals surface area (Å²) >= 11 is 0. The fraction of sp³-hybridized carbons (Fsp3) is 0.562. The highest BCUT2D eigenvalue weighted by molar-refractivity contribution is 5.94. The number of nitrogens with one attached hydrogen (secondary N) is 2. The molecule has 0 bridgehead atoms. The van der Waals surface area contributed by atoms with Gasteiger partial charge in [0, 0.05) is 25.3 Å². The van der Waals surface area contributed by atoms with Crippen LogP contribution in [-0.2, 0) is 4.74 Å². The Bertz CT molecular complexity index is 406. The number of phenolic OH excluding ortho intramolecular Hbond substituents is 1. The summed E-state index contributed by atoms with van der Waals surface area (Å²) < 4.78 is 5.77. The molecule has 1 atom stereocenters. The number of ether oxygens (including phenoxy) is 1. The van der Waals surface area contributed by atoms with E-state index in [0.717, 1.165) is 25.9 Å². The number of hydrogen-bond donors (Lipinski definition) is 3. The highest BCUT2D eigenvalue weighted by Gasteiger charge is 2.11. The van der Waals surface area contributed by atoms with Gasteiger partial charge in [0.25, 0.3) is 5.91 Å². The lowest BCUT2D eigenvalue weighted by Gasteiger charge is -2.18. The van der Waals surface area contributed by atoms with E-state index in [1.807, 2.05) is 7.05 Å². The molecule has 1 amide bonds. The van der Waals surface area contributed by atoms with E-state index in [2.05, 4.69) is 17.6 Å². The summed E-state index contributed by atoms with van der Waals surface area (Å²) in [4.78, 5) is 12.0. The van der Waals surface area contributed by atoms with E-state index in [-0.39, 0.29) is 17.8 Å². The van der Waals surface area contributed by atoms with Crippen LogP contribution in [0.25, 0.3) is 0 Å². The molecule has 5 nitrogen and oxygen atoms in total. The first-order chi connectivity index (χ1) is 10.2. The zero-order chi connectivity index (χ0) is 15.5. The third-order valence-corrected chi connectivity index (χ3v) is 3.15. The second-order valence-corrected chi connectivity index (χ2v) is 5.01. The summed E-state index contributed by atoms with van der Waals surface area (Å²) in [7, 11) is 1.87. The van der Waals surface area contributed by atoms with Crippen molar-refractivity contribution in [2.24, 2.45) is 0 Å². The van der Waals surface area contributed by atoms with Crippen molar-refractivity contribution in [1.82, 2.24) is 10.6 Å². The quantitative estimate of drug-likeness (QED) is 0.577. The standard InChI is InChI=1S/C16H26N2O3/c1-3-4-5-10-21-15(11-17-2)12-18-16(20)13-6-8-14(19)9-7-13/h6-9,15,17,19H,3-5,10-12H2,1-2H3,(H,18,20). The van der Waals surface area contributed by atoms with Gasteiger partial charge in [-0.25, -0.2) is 0 Å². The van der Waals surface area contributed by atoms with Gasteiger partial charge in [0.05, 0.1) is 6.10 Å². The van der Waals surface area contributed by atoms with Crippen molar-refractivity contribution in [2.45, 2.75) is 32.3 Å². The molecule has 1 rings (SSSR count). The Hall–Kier alpha value is -1.59. The van der Waals surface area contributed by atoms with Gasteiger partial charge in [-0.2, -0.15) is 0 Å². The predicted octanol–water partition coefficient (Wildman–Crippen LogP) is 1.92. The monoisotopic (exact) mass is 294 g/mol. The number of rotatable bonds is 10. The highest BCUT2D eigenvalue weighted by Crippen LogP contribution is 2.09. The summed E-state index contributed by atoms with van der Waals surface area (Å²) in [6, 6.07) is 6.20. The van der Waals surface area contributed by atoms with Gasteiger partial charge >= 0.3 is 0 Å². The number of unbranched alkanes of at least 4 members (excludes halogenated alkanes) is 2. The van der Waals surface area contributed by atoms with E-state index in [4.69, 9.17) is 4.74 Å². The van der Waals surface area contributed by atoms with Gasteiger partial charge in [-0.1, -0.05) is 19.8 Å². The van der Waals surface area contributed by atoms with Crippen LogP contribution in [0.1, 0.15) is 36.5 Å². The van der Waals surface area contributed by atoms with Crippen LogP contribution < -0.4 is 10.6 Å². The Morgan fingerprint density at radius 1 is 1.24 bits per heavy atom. The van der Waals surface area contributed by atoms with E-state index in [0.29, 0.717) is 18.7 Å². The minimum Gasteiger partial charge on any atom is -0.508 e. The molecule has 0 aliphatic heterocycles. The Balaban J connectivity index is 2.37. The minimum absolute atomic E-state index is 0.0343. The molecular formula is C16H26N2O3. The van der Waals surface area contributed by atoms with Crippen LogP contribution in [0.15, 0.2) is 24.3 Å². The van der Waals surface area contributed by atoms with Crippen LogP contribution in [0.2, 0.25) is 0 Å². The molecule has 1 unspecified atom stereocenters. The molecule has 0 aliphatic carbocycles. The Morgan fingerprint density at radius 3 is 2.57 bits per heavy atom. The van der Waals surface area contributed by atoms with Gasteiger partial charge in [0.2, 0.25) is 0 Å². The van der Waals surface area contributed by atoms with Crippen LogP contribution >= 0.6 is 0 Å². The number of aromatic hydroxyl groups is 1. The molecule has 3 N–H and O–H groups in total. The smallest absolute Gasteiger partial charge is 0.251 e. The number of hydrogen-bond acceptors (Lipinski definition) is 4. The van der Waals surface area contributed by atoms with E-state index in [1.54, 1.807) is 12.1 Å². The molecule has 118 valence electrons.